The summed E-state index contributed by atoms with van der Waals surface area (Å²) in [5, 5.41) is 11.6. The first kappa shape index (κ1) is 19.5. The second-order valence-electron chi connectivity index (χ2n) is 6.34. The molecule has 3 aromatic rings. The van der Waals surface area contributed by atoms with Crippen molar-refractivity contribution in [1.29, 1.82) is 0 Å². The van der Waals surface area contributed by atoms with E-state index < -0.39 is 6.04 Å². The number of primary amides is 1. The summed E-state index contributed by atoms with van der Waals surface area (Å²) >= 11 is 0. The minimum Gasteiger partial charge on any atom is -0.492 e. The predicted octanol–water partition coefficient (Wildman–Crippen LogP) is 0.876. The van der Waals surface area contributed by atoms with Gasteiger partial charge >= 0.3 is 0 Å². The van der Waals surface area contributed by atoms with E-state index in [-0.39, 0.29) is 18.1 Å². The number of rotatable bonds is 9. The van der Waals surface area contributed by atoms with E-state index in [4.69, 9.17) is 10.5 Å². The molecule has 0 aliphatic carbocycles. The molecule has 2 aromatic carbocycles. The van der Waals surface area contributed by atoms with Gasteiger partial charge < -0.3 is 15.8 Å². The summed E-state index contributed by atoms with van der Waals surface area (Å²) < 4.78 is 6.99. The van der Waals surface area contributed by atoms with Gasteiger partial charge in [0.1, 0.15) is 17.9 Å². The fourth-order valence-corrected chi connectivity index (χ4v) is 2.90. The van der Waals surface area contributed by atoms with Gasteiger partial charge in [-0.3, -0.25) is 9.59 Å². The van der Waals surface area contributed by atoms with Gasteiger partial charge in [0, 0.05) is 0 Å². The number of carbonyl (C=O) groups excluding carboxylic acids is 1. The zero-order chi connectivity index (χ0) is 19.9. The Balaban J connectivity index is 1.57. The average Bonchev–Trinajstić information content (AvgIpc) is 2.70. The first-order valence-corrected chi connectivity index (χ1v) is 9.15. The van der Waals surface area contributed by atoms with E-state index in [0.29, 0.717) is 36.2 Å². The summed E-state index contributed by atoms with van der Waals surface area (Å²) in [6.07, 6.45) is 0.519. The molecule has 1 atom stereocenters. The maximum absolute atomic E-state index is 12.4. The van der Waals surface area contributed by atoms with Crippen LogP contribution in [0.3, 0.4) is 0 Å². The minimum atomic E-state index is -0.393. The van der Waals surface area contributed by atoms with Gasteiger partial charge in [0.2, 0.25) is 5.91 Å². The number of ether oxygens (including phenoxy) is 1. The molecule has 0 bridgehead atoms. The van der Waals surface area contributed by atoms with Crippen LogP contribution in [0.4, 0.5) is 0 Å². The van der Waals surface area contributed by atoms with E-state index >= 15 is 0 Å². The lowest BCUT2D eigenvalue weighted by Crippen LogP contribution is -2.42. The Hall–Kier alpha value is -3.26. The zero-order valence-corrected chi connectivity index (χ0v) is 15.7. The number of likely N-dealkylation sites (N-methyl/N-ethyl adjacent to an activating group) is 1. The summed E-state index contributed by atoms with van der Waals surface area (Å²) in [5.41, 5.74) is 6.77. The molecule has 28 heavy (non-hydrogen) atoms. The molecule has 3 N–H and O–H groups in total. The Morgan fingerprint density at radius 3 is 2.68 bits per heavy atom. The summed E-state index contributed by atoms with van der Waals surface area (Å²) in [4.78, 5) is 23.8. The number of carbonyl (C=O) groups is 1. The topological polar surface area (TPSA) is 112 Å². The predicted molar refractivity (Wildman–Crippen MR) is 106 cm³/mol. The van der Waals surface area contributed by atoms with Crippen molar-refractivity contribution in [3.05, 3.63) is 64.4 Å². The van der Waals surface area contributed by atoms with Crippen molar-refractivity contribution >= 4 is 16.8 Å². The molecule has 3 rings (SSSR count). The van der Waals surface area contributed by atoms with Crippen LogP contribution >= 0.6 is 0 Å². The normalized spacial score (nSPS) is 12.0. The van der Waals surface area contributed by atoms with E-state index in [2.05, 4.69) is 15.6 Å². The van der Waals surface area contributed by atoms with Gasteiger partial charge in [-0.1, -0.05) is 36.4 Å². The van der Waals surface area contributed by atoms with Gasteiger partial charge in [0.15, 0.2) is 0 Å². The van der Waals surface area contributed by atoms with Crippen LogP contribution in [-0.4, -0.2) is 40.1 Å². The smallest absolute Gasteiger partial charge is 0.277 e. The number of nitrogens with one attached hydrogen (secondary N) is 1. The Bertz CT molecular complexity index is 1000. The van der Waals surface area contributed by atoms with E-state index in [1.807, 2.05) is 37.3 Å². The van der Waals surface area contributed by atoms with Gasteiger partial charge in [-0.2, -0.15) is 0 Å². The van der Waals surface area contributed by atoms with Crippen LogP contribution in [0, 0.1) is 0 Å². The molecule has 1 heterocycles. The van der Waals surface area contributed by atoms with Crippen molar-refractivity contribution < 1.29 is 9.53 Å². The maximum Gasteiger partial charge on any atom is 0.277 e. The largest absolute Gasteiger partial charge is 0.492 e. The molecule has 146 valence electrons. The molecule has 0 fully saturated rings. The number of nitrogens with zero attached hydrogens (tertiary/aromatic N) is 3. The minimum absolute atomic E-state index is 0.189. The average molecular weight is 381 g/mol. The highest BCUT2D eigenvalue weighted by Gasteiger charge is 2.14. The van der Waals surface area contributed by atoms with Crippen LogP contribution in [-0.2, 0) is 17.8 Å². The standard InChI is InChI=1S/C20H23N5O3/c1-2-22-18(19(21)26)13-14-7-9-15(10-8-14)28-12-11-25-20(27)16-5-3-4-6-17(16)23-24-25/h3-10,18,22H,2,11-13H2,1H3,(H2,21,26). The number of hydrogen-bond donors (Lipinski definition) is 2. The third-order valence-corrected chi connectivity index (χ3v) is 4.36. The molecule has 0 aliphatic rings. The number of nitrogens with two attached hydrogens (primary N) is 1. The van der Waals surface area contributed by atoms with Crippen molar-refractivity contribution in [2.75, 3.05) is 13.2 Å². The van der Waals surface area contributed by atoms with Crippen LogP contribution in [0.1, 0.15) is 12.5 Å². The Morgan fingerprint density at radius 2 is 1.96 bits per heavy atom. The first-order chi connectivity index (χ1) is 13.6. The molecular weight excluding hydrogens is 358 g/mol. The van der Waals surface area contributed by atoms with Crippen molar-refractivity contribution in [2.24, 2.45) is 5.73 Å². The van der Waals surface area contributed by atoms with Gasteiger partial charge in [0.05, 0.1) is 18.0 Å². The van der Waals surface area contributed by atoms with Crippen molar-refractivity contribution in [2.45, 2.75) is 25.9 Å². The highest BCUT2D eigenvalue weighted by atomic mass is 16.5. The van der Waals surface area contributed by atoms with Crippen LogP contribution in [0.2, 0.25) is 0 Å². The molecular formula is C20H23N5O3. The van der Waals surface area contributed by atoms with Crippen LogP contribution < -0.4 is 21.3 Å². The van der Waals surface area contributed by atoms with Gasteiger partial charge in [-0.15, -0.1) is 5.10 Å². The number of hydrogen-bond acceptors (Lipinski definition) is 6. The van der Waals surface area contributed by atoms with Gasteiger partial charge in [-0.25, -0.2) is 4.68 Å². The number of benzene rings is 2. The molecule has 0 saturated carbocycles. The van der Waals surface area contributed by atoms with Crippen molar-refractivity contribution in [3.8, 4) is 5.75 Å². The molecule has 1 unspecified atom stereocenters. The molecule has 1 amide bonds. The lowest BCUT2D eigenvalue weighted by Gasteiger charge is -2.14. The second-order valence-corrected chi connectivity index (χ2v) is 6.34. The molecule has 8 nitrogen and oxygen atoms in total. The quantitative estimate of drug-likeness (QED) is 0.569. The van der Waals surface area contributed by atoms with Crippen LogP contribution in [0.25, 0.3) is 10.9 Å². The first-order valence-electron chi connectivity index (χ1n) is 9.15. The van der Waals surface area contributed by atoms with E-state index in [1.165, 1.54) is 4.68 Å². The second kappa shape index (κ2) is 9.09. The van der Waals surface area contributed by atoms with Gasteiger partial charge in [0.25, 0.3) is 5.56 Å². The summed E-state index contributed by atoms with van der Waals surface area (Å²) in [6.45, 7) is 3.18. The number of amides is 1. The molecule has 8 heteroatoms. The molecule has 0 spiro atoms. The molecule has 0 aliphatic heterocycles. The lowest BCUT2D eigenvalue weighted by molar-refractivity contribution is -0.120. The molecule has 0 saturated heterocycles. The highest BCUT2D eigenvalue weighted by Crippen LogP contribution is 2.13. The summed E-state index contributed by atoms with van der Waals surface area (Å²) in [7, 11) is 0. The highest BCUT2D eigenvalue weighted by molar-refractivity contribution is 5.80. The van der Waals surface area contributed by atoms with Crippen molar-refractivity contribution in [3.63, 3.8) is 0 Å². The van der Waals surface area contributed by atoms with Crippen molar-refractivity contribution in [1.82, 2.24) is 20.3 Å². The number of fused-ring (bicyclic) bond motifs is 1. The monoisotopic (exact) mass is 381 g/mol. The maximum atomic E-state index is 12.4. The Morgan fingerprint density at radius 1 is 1.21 bits per heavy atom. The fraction of sp³-hybridized carbons (Fsp3) is 0.300. The molecule has 0 radical (unpaired) electrons. The van der Waals surface area contributed by atoms with E-state index in [9.17, 15) is 9.59 Å². The third-order valence-electron chi connectivity index (χ3n) is 4.36. The SMILES string of the molecule is CCNC(Cc1ccc(OCCn2nnc3ccccc3c2=O)cc1)C(N)=O. The summed E-state index contributed by atoms with van der Waals surface area (Å²) in [5.74, 6) is 0.300. The zero-order valence-electron chi connectivity index (χ0n) is 15.7. The van der Waals surface area contributed by atoms with Crippen LogP contribution in [0.15, 0.2) is 53.3 Å². The molecule has 1 aromatic heterocycles. The number of aromatic nitrogens is 3. The Labute approximate surface area is 162 Å². The lowest BCUT2D eigenvalue weighted by atomic mass is 10.1. The van der Waals surface area contributed by atoms with Gasteiger partial charge in [-0.05, 0) is 42.8 Å². The Kier molecular flexibility index (Phi) is 6.33. The van der Waals surface area contributed by atoms with E-state index in [1.54, 1.807) is 18.2 Å². The van der Waals surface area contributed by atoms with E-state index in [0.717, 1.165) is 5.56 Å². The summed E-state index contributed by atoms with van der Waals surface area (Å²) in [6, 6.07) is 14.2. The van der Waals surface area contributed by atoms with Crippen LogP contribution in [0.5, 0.6) is 5.75 Å². The fourth-order valence-electron chi connectivity index (χ4n) is 2.90. The third kappa shape index (κ3) is 4.72.